The summed E-state index contributed by atoms with van der Waals surface area (Å²) in [6.45, 7) is 0.490. The summed E-state index contributed by atoms with van der Waals surface area (Å²) >= 11 is 6.61. The Labute approximate surface area is 123 Å². The fraction of sp³-hybridized carbons (Fsp3) is 0.364. The second kappa shape index (κ2) is 7.09. The first kappa shape index (κ1) is 16.2. The summed E-state index contributed by atoms with van der Waals surface area (Å²) in [5.74, 6) is -0.0510. The minimum absolute atomic E-state index is 0.0510. The standard InChI is InChI=1S/C11H17N3O2S3/c1-18-9-5-2-4-8(10(9)11(12)17)14-6-3-7-19(13,15)16/h2,4-5,14H,3,6-7H2,1H3,(H2,12,17)(H2,13,15,16). The second-order valence-corrected chi connectivity index (χ2v) is 6.92. The molecule has 0 bridgehead atoms. The van der Waals surface area contributed by atoms with E-state index in [9.17, 15) is 8.42 Å². The molecule has 0 spiro atoms. The maximum absolute atomic E-state index is 10.8. The van der Waals surface area contributed by atoms with Crippen molar-refractivity contribution >= 4 is 44.7 Å². The summed E-state index contributed by atoms with van der Waals surface area (Å²) in [5, 5.41) is 8.08. The van der Waals surface area contributed by atoms with E-state index in [1.807, 2.05) is 24.5 Å². The van der Waals surface area contributed by atoms with E-state index < -0.39 is 10.0 Å². The second-order valence-electron chi connectivity index (χ2n) is 3.89. The van der Waals surface area contributed by atoms with E-state index in [0.717, 1.165) is 16.1 Å². The van der Waals surface area contributed by atoms with Gasteiger partial charge in [0.2, 0.25) is 10.0 Å². The number of hydrogen-bond donors (Lipinski definition) is 3. The van der Waals surface area contributed by atoms with Crippen molar-refractivity contribution in [2.45, 2.75) is 11.3 Å². The van der Waals surface area contributed by atoms with Crippen LogP contribution in [0.5, 0.6) is 0 Å². The molecule has 0 radical (unpaired) electrons. The minimum atomic E-state index is -3.41. The monoisotopic (exact) mass is 319 g/mol. The Kier molecular flexibility index (Phi) is 6.05. The van der Waals surface area contributed by atoms with Gasteiger partial charge in [-0.2, -0.15) is 0 Å². The number of nitrogens with one attached hydrogen (secondary N) is 1. The lowest BCUT2D eigenvalue weighted by Crippen LogP contribution is -2.20. The highest BCUT2D eigenvalue weighted by Crippen LogP contribution is 2.27. The van der Waals surface area contributed by atoms with Gasteiger partial charge in [-0.05, 0) is 24.8 Å². The molecule has 1 rings (SSSR count). The molecule has 5 N–H and O–H groups in total. The topological polar surface area (TPSA) is 98.2 Å². The van der Waals surface area contributed by atoms with E-state index in [1.54, 1.807) is 11.8 Å². The summed E-state index contributed by atoms with van der Waals surface area (Å²) in [7, 11) is -3.41. The predicted molar refractivity (Wildman–Crippen MR) is 85.2 cm³/mol. The molecule has 1 aromatic carbocycles. The highest BCUT2D eigenvalue weighted by atomic mass is 32.2. The zero-order valence-corrected chi connectivity index (χ0v) is 13.0. The van der Waals surface area contributed by atoms with Gasteiger partial charge in [-0.15, -0.1) is 11.8 Å². The van der Waals surface area contributed by atoms with E-state index in [2.05, 4.69) is 5.32 Å². The van der Waals surface area contributed by atoms with Crippen molar-refractivity contribution in [3.8, 4) is 0 Å². The maximum Gasteiger partial charge on any atom is 0.209 e. The highest BCUT2D eigenvalue weighted by molar-refractivity contribution is 7.98. The molecule has 0 heterocycles. The van der Waals surface area contributed by atoms with Crippen molar-refractivity contribution in [2.24, 2.45) is 10.9 Å². The van der Waals surface area contributed by atoms with E-state index >= 15 is 0 Å². The third-order valence-corrected chi connectivity index (χ3v) is 4.26. The van der Waals surface area contributed by atoms with Gasteiger partial charge in [-0.25, -0.2) is 13.6 Å². The Bertz CT molecular complexity index is 558. The van der Waals surface area contributed by atoms with Gasteiger partial charge >= 0.3 is 0 Å². The van der Waals surface area contributed by atoms with Gasteiger partial charge in [-0.3, -0.25) is 0 Å². The van der Waals surface area contributed by atoms with Gasteiger partial charge < -0.3 is 11.1 Å². The SMILES string of the molecule is CSc1cccc(NCCCS(N)(=O)=O)c1C(N)=S. The zero-order chi connectivity index (χ0) is 14.5. The lowest BCUT2D eigenvalue weighted by molar-refractivity contribution is 0.596. The average Bonchev–Trinajstić information content (AvgIpc) is 2.32. The molecule has 0 unspecified atom stereocenters. The molecule has 0 fully saturated rings. The molecule has 0 amide bonds. The molecule has 19 heavy (non-hydrogen) atoms. The number of sulfonamides is 1. The molecule has 0 aliphatic rings. The van der Waals surface area contributed by atoms with Crippen LogP contribution >= 0.6 is 24.0 Å². The fourth-order valence-electron chi connectivity index (χ4n) is 1.60. The number of benzene rings is 1. The number of nitrogens with two attached hydrogens (primary N) is 2. The lowest BCUT2D eigenvalue weighted by atomic mass is 10.1. The first-order valence-electron chi connectivity index (χ1n) is 5.56. The quantitative estimate of drug-likeness (QED) is 0.396. The van der Waals surface area contributed by atoms with Gasteiger partial charge in [0, 0.05) is 22.7 Å². The summed E-state index contributed by atoms with van der Waals surface area (Å²) in [5.41, 5.74) is 7.33. The van der Waals surface area contributed by atoms with Crippen LogP contribution in [0.2, 0.25) is 0 Å². The largest absolute Gasteiger partial charge is 0.389 e. The molecule has 0 aromatic heterocycles. The Morgan fingerprint density at radius 3 is 2.68 bits per heavy atom. The van der Waals surface area contributed by atoms with Crippen molar-refractivity contribution < 1.29 is 8.42 Å². The van der Waals surface area contributed by atoms with Crippen LogP contribution < -0.4 is 16.2 Å². The molecule has 1 aromatic rings. The Balaban J connectivity index is 2.76. The molecule has 106 valence electrons. The number of thiocarbonyl (C=S) groups is 1. The van der Waals surface area contributed by atoms with Gasteiger partial charge in [0.05, 0.1) is 5.75 Å². The first-order valence-corrected chi connectivity index (χ1v) is 8.91. The highest BCUT2D eigenvalue weighted by Gasteiger charge is 2.10. The molecule has 0 atom stereocenters. The van der Waals surface area contributed by atoms with Crippen molar-refractivity contribution in [3.05, 3.63) is 23.8 Å². The van der Waals surface area contributed by atoms with Crippen LogP contribution in [0.15, 0.2) is 23.1 Å². The fourth-order valence-corrected chi connectivity index (χ4v) is 3.07. The zero-order valence-electron chi connectivity index (χ0n) is 10.5. The van der Waals surface area contributed by atoms with E-state index in [4.69, 9.17) is 23.1 Å². The van der Waals surface area contributed by atoms with Crippen LogP contribution in [0.1, 0.15) is 12.0 Å². The van der Waals surface area contributed by atoms with Crippen LogP contribution in [0.3, 0.4) is 0 Å². The van der Waals surface area contributed by atoms with E-state index in [0.29, 0.717) is 18.0 Å². The normalized spacial score (nSPS) is 11.3. The average molecular weight is 319 g/mol. The van der Waals surface area contributed by atoms with Gasteiger partial charge in [0.1, 0.15) is 4.99 Å². The van der Waals surface area contributed by atoms with E-state index in [1.165, 1.54) is 0 Å². The molecule has 0 aliphatic heterocycles. The Hall–Kier alpha value is -0.830. The number of thioether (sulfide) groups is 1. The van der Waals surface area contributed by atoms with Crippen LogP contribution in [0.25, 0.3) is 0 Å². The van der Waals surface area contributed by atoms with Gasteiger partial charge in [0.25, 0.3) is 0 Å². The van der Waals surface area contributed by atoms with Crippen LogP contribution in [-0.2, 0) is 10.0 Å². The third kappa shape index (κ3) is 5.35. The maximum atomic E-state index is 10.8. The summed E-state index contributed by atoms with van der Waals surface area (Å²) < 4.78 is 21.6. The number of primary sulfonamides is 1. The molecule has 5 nitrogen and oxygen atoms in total. The molecule has 0 saturated carbocycles. The summed E-state index contributed by atoms with van der Waals surface area (Å²) in [6.07, 6.45) is 2.38. The van der Waals surface area contributed by atoms with Gasteiger partial charge in [-0.1, -0.05) is 18.3 Å². The number of hydrogen-bond acceptors (Lipinski definition) is 5. The third-order valence-electron chi connectivity index (χ3n) is 2.41. The van der Waals surface area contributed by atoms with E-state index in [-0.39, 0.29) is 5.75 Å². The first-order chi connectivity index (χ1) is 8.85. The van der Waals surface area contributed by atoms with Crippen LogP contribution in [0.4, 0.5) is 5.69 Å². The molecule has 8 heteroatoms. The van der Waals surface area contributed by atoms with Crippen molar-refractivity contribution in [1.82, 2.24) is 0 Å². The smallest absolute Gasteiger partial charge is 0.209 e. The van der Waals surface area contributed by atoms with Crippen molar-refractivity contribution in [2.75, 3.05) is 23.9 Å². The molecular formula is C11H17N3O2S3. The molecule has 0 saturated heterocycles. The predicted octanol–water partition coefficient (Wildman–Crippen LogP) is 1.13. The van der Waals surface area contributed by atoms with Gasteiger partial charge in [0.15, 0.2) is 0 Å². The molecule has 0 aliphatic carbocycles. The van der Waals surface area contributed by atoms with Crippen molar-refractivity contribution in [1.29, 1.82) is 0 Å². The summed E-state index contributed by atoms with van der Waals surface area (Å²) in [4.78, 5) is 1.31. The number of anilines is 1. The lowest BCUT2D eigenvalue weighted by Gasteiger charge is -2.14. The van der Waals surface area contributed by atoms with Crippen LogP contribution in [-0.4, -0.2) is 32.0 Å². The molecular weight excluding hydrogens is 302 g/mol. The van der Waals surface area contributed by atoms with Crippen LogP contribution in [0, 0.1) is 0 Å². The minimum Gasteiger partial charge on any atom is -0.389 e. The van der Waals surface area contributed by atoms with Crippen molar-refractivity contribution in [3.63, 3.8) is 0 Å². The Morgan fingerprint density at radius 1 is 1.47 bits per heavy atom. The summed E-state index contributed by atoms with van der Waals surface area (Å²) in [6, 6.07) is 5.70. The Morgan fingerprint density at radius 2 is 2.16 bits per heavy atom. The number of rotatable bonds is 7.